The minimum absolute atomic E-state index is 0.227. The molecule has 6 heteroatoms. The standard InChI is InChI=1S/C30H50O5S/c1-2-3-4-5-6-7-8-9-10-11-12-13-14-15-16-17-18-19-20-21-22-23-30(31)35-28-24-26-29(27-25-28)36(32,33)34/h20-21,24-27H,2-19,22-23H2,1H3,(H,32,33,34). The zero-order chi connectivity index (χ0) is 26.3. The van der Waals surface area contributed by atoms with Crippen molar-refractivity contribution < 1.29 is 22.5 Å². The Bertz CT molecular complexity index is 799. The number of unbranched alkanes of at least 4 members (excludes halogenated alkanes) is 17. The number of hydrogen-bond donors (Lipinski definition) is 1. The Balaban J connectivity index is 1.86. The smallest absolute Gasteiger partial charge is 0.311 e. The maximum atomic E-state index is 11.9. The first-order chi connectivity index (χ1) is 17.4. The van der Waals surface area contributed by atoms with Crippen molar-refractivity contribution in [2.75, 3.05) is 0 Å². The van der Waals surface area contributed by atoms with Crippen LogP contribution < -0.4 is 4.74 Å². The number of allylic oxidation sites excluding steroid dienone is 2. The summed E-state index contributed by atoms with van der Waals surface area (Å²) in [5, 5.41) is 0. The number of benzene rings is 1. The van der Waals surface area contributed by atoms with Crippen LogP contribution in [0.4, 0.5) is 0 Å². The fourth-order valence-electron chi connectivity index (χ4n) is 4.29. The molecule has 0 saturated carbocycles. The van der Waals surface area contributed by atoms with Crippen LogP contribution in [0, 0.1) is 0 Å². The minimum Gasteiger partial charge on any atom is -0.427 e. The zero-order valence-electron chi connectivity index (χ0n) is 22.6. The molecular formula is C30H50O5S. The lowest BCUT2D eigenvalue weighted by molar-refractivity contribution is -0.134. The van der Waals surface area contributed by atoms with Gasteiger partial charge in [0.05, 0.1) is 4.90 Å². The summed E-state index contributed by atoms with van der Waals surface area (Å²) >= 11 is 0. The molecular weight excluding hydrogens is 472 g/mol. The van der Waals surface area contributed by atoms with E-state index in [0.717, 1.165) is 6.42 Å². The van der Waals surface area contributed by atoms with Crippen molar-refractivity contribution in [3.63, 3.8) is 0 Å². The summed E-state index contributed by atoms with van der Waals surface area (Å²) < 4.78 is 36.2. The van der Waals surface area contributed by atoms with E-state index in [4.69, 9.17) is 9.29 Å². The van der Waals surface area contributed by atoms with Gasteiger partial charge in [-0.05, 0) is 43.5 Å². The van der Waals surface area contributed by atoms with E-state index in [2.05, 4.69) is 13.0 Å². The van der Waals surface area contributed by atoms with Gasteiger partial charge in [0.25, 0.3) is 10.1 Å². The maximum absolute atomic E-state index is 11.9. The Kier molecular flexibility index (Phi) is 19.3. The third-order valence-electron chi connectivity index (χ3n) is 6.51. The minimum atomic E-state index is -4.24. The van der Waals surface area contributed by atoms with Gasteiger partial charge in [0.2, 0.25) is 0 Å². The van der Waals surface area contributed by atoms with E-state index in [1.165, 1.54) is 133 Å². The molecule has 1 aromatic rings. The molecule has 1 N–H and O–H groups in total. The molecule has 0 unspecified atom stereocenters. The summed E-state index contributed by atoms with van der Waals surface area (Å²) in [5.74, 6) is -0.100. The molecule has 1 aromatic carbocycles. The van der Waals surface area contributed by atoms with Gasteiger partial charge in [-0.3, -0.25) is 9.35 Å². The highest BCUT2D eigenvalue weighted by molar-refractivity contribution is 7.85. The van der Waals surface area contributed by atoms with Crippen molar-refractivity contribution in [2.45, 2.75) is 140 Å². The molecule has 0 heterocycles. The van der Waals surface area contributed by atoms with Crippen LogP contribution in [0.25, 0.3) is 0 Å². The molecule has 1 rings (SSSR count). The molecule has 0 aromatic heterocycles. The van der Waals surface area contributed by atoms with Crippen LogP contribution in [0.2, 0.25) is 0 Å². The number of hydrogen-bond acceptors (Lipinski definition) is 4. The first kappa shape index (κ1) is 32.4. The van der Waals surface area contributed by atoms with Gasteiger partial charge in [0.1, 0.15) is 5.75 Å². The van der Waals surface area contributed by atoms with Crippen LogP contribution in [0.3, 0.4) is 0 Å². The van der Waals surface area contributed by atoms with Gasteiger partial charge >= 0.3 is 5.97 Å². The van der Waals surface area contributed by atoms with E-state index < -0.39 is 10.1 Å². The van der Waals surface area contributed by atoms with E-state index in [1.54, 1.807) is 0 Å². The SMILES string of the molecule is CCCCCCCCCCCCCCCCCCCC=CCCC(=O)Oc1ccc(S(=O)(=O)O)cc1. The van der Waals surface area contributed by atoms with Crippen molar-refractivity contribution in [1.29, 1.82) is 0 Å². The molecule has 0 aliphatic rings. The van der Waals surface area contributed by atoms with E-state index in [1.807, 2.05) is 6.08 Å². The summed E-state index contributed by atoms with van der Waals surface area (Å²) in [6.45, 7) is 2.28. The molecule has 0 radical (unpaired) electrons. The van der Waals surface area contributed by atoms with Crippen molar-refractivity contribution >= 4 is 16.1 Å². The second kappa shape index (κ2) is 21.4. The molecule has 0 aliphatic carbocycles. The molecule has 0 bridgehead atoms. The quantitative estimate of drug-likeness (QED) is 0.0509. The average molecular weight is 523 g/mol. The number of carbonyl (C=O) groups excluding carboxylic acids is 1. The average Bonchev–Trinajstić information content (AvgIpc) is 2.84. The summed E-state index contributed by atoms with van der Waals surface area (Å²) in [6, 6.07) is 5.12. The molecule has 0 spiro atoms. The van der Waals surface area contributed by atoms with Gasteiger partial charge in [0.15, 0.2) is 0 Å². The molecule has 0 aliphatic heterocycles. The Morgan fingerprint density at radius 3 is 1.56 bits per heavy atom. The van der Waals surface area contributed by atoms with Crippen LogP contribution in [-0.2, 0) is 14.9 Å². The highest BCUT2D eigenvalue weighted by Gasteiger charge is 2.10. The fraction of sp³-hybridized carbons (Fsp3) is 0.700. The lowest BCUT2D eigenvalue weighted by Gasteiger charge is -2.04. The number of carbonyl (C=O) groups is 1. The van der Waals surface area contributed by atoms with Gasteiger partial charge in [-0.15, -0.1) is 0 Å². The van der Waals surface area contributed by atoms with Crippen LogP contribution in [0.15, 0.2) is 41.3 Å². The maximum Gasteiger partial charge on any atom is 0.311 e. The summed E-state index contributed by atoms with van der Waals surface area (Å²) in [4.78, 5) is 11.6. The second-order valence-electron chi connectivity index (χ2n) is 9.88. The fourth-order valence-corrected chi connectivity index (χ4v) is 4.77. The molecule has 0 amide bonds. The Hall–Kier alpha value is -1.66. The molecule has 0 saturated heterocycles. The topological polar surface area (TPSA) is 80.7 Å². The zero-order valence-corrected chi connectivity index (χ0v) is 23.4. The van der Waals surface area contributed by atoms with Gasteiger partial charge in [-0.2, -0.15) is 8.42 Å². The normalized spacial score (nSPS) is 11.8. The second-order valence-corrected chi connectivity index (χ2v) is 11.3. The highest BCUT2D eigenvalue weighted by Crippen LogP contribution is 2.17. The predicted octanol–water partition coefficient (Wildman–Crippen LogP) is 9.22. The molecule has 36 heavy (non-hydrogen) atoms. The number of rotatable bonds is 23. The molecule has 5 nitrogen and oxygen atoms in total. The molecule has 0 atom stereocenters. The van der Waals surface area contributed by atoms with Gasteiger partial charge in [-0.1, -0.05) is 122 Å². The Morgan fingerprint density at radius 1 is 0.694 bits per heavy atom. The van der Waals surface area contributed by atoms with E-state index in [-0.39, 0.29) is 23.0 Å². The summed E-state index contributed by atoms with van der Waals surface area (Å²) in [5.41, 5.74) is 0. The van der Waals surface area contributed by atoms with Gasteiger partial charge in [0, 0.05) is 6.42 Å². The van der Waals surface area contributed by atoms with Crippen molar-refractivity contribution in [2.24, 2.45) is 0 Å². The van der Waals surface area contributed by atoms with Crippen molar-refractivity contribution in [1.82, 2.24) is 0 Å². The van der Waals surface area contributed by atoms with Crippen LogP contribution >= 0.6 is 0 Å². The van der Waals surface area contributed by atoms with E-state index in [0.29, 0.717) is 6.42 Å². The monoisotopic (exact) mass is 522 g/mol. The third-order valence-corrected chi connectivity index (χ3v) is 7.38. The summed E-state index contributed by atoms with van der Waals surface area (Å²) in [6.07, 6.45) is 29.6. The van der Waals surface area contributed by atoms with E-state index >= 15 is 0 Å². The largest absolute Gasteiger partial charge is 0.427 e. The van der Waals surface area contributed by atoms with E-state index in [9.17, 15) is 13.2 Å². The summed E-state index contributed by atoms with van der Waals surface area (Å²) in [7, 11) is -4.24. The Morgan fingerprint density at radius 2 is 1.11 bits per heavy atom. The molecule has 206 valence electrons. The van der Waals surface area contributed by atoms with Crippen LogP contribution in [-0.4, -0.2) is 18.9 Å². The Labute approximate surface area is 220 Å². The first-order valence-corrected chi connectivity index (χ1v) is 15.8. The van der Waals surface area contributed by atoms with Crippen molar-refractivity contribution in [3.8, 4) is 5.75 Å². The third kappa shape index (κ3) is 18.6. The first-order valence-electron chi connectivity index (χ1n) is 14.4. The van der Waals surface area contributed by atoms with Gasteiger partial charge in [-0.25, -0.2) is 0 Å². The molecule has 0 fully saturated rings. The van der Waals surface area contributed by atoms with Crippen LogP contribution in [0.5, 0.6) is 5.75 Å². The highest BCUT2D eigenvalue weighted by atomic mass is 32.2. The lowest BCUT2D eigenvalue weighted by atomic mass is 10.0. The lowest BCUT2D eigenvalue weighted by Crippen LogP contribution is -2.07. The van der Waals surface area contributed by atoms with Gasteiger partial charge < -0.3 is 4.74 Å². The number of ether oxygens (including phenoxy) is 1. The van der Waals surface area contributed by atoms with Crippen LogP contribution in [0.1, 0.15) is 135 Å². The number of esters is 1. The predicted molar refractivity (Wildman–Crippen MR) is 149 cm³/mol. The van der Waals surface area contributed by atoms with Crippen molar-refractivity contribution in [3.05, 3.63) is 36.4 Å².